The van der Waals surface area contributed by atoms with Crippen molar-refractivity contribution >= 4 is 17.5 Å². The second-order valence-electron chi connectivity index (χ2n) is 6.69. The van der Waals surface area contributed by atoms with E-state index in [1.54, 1.807) is 17.9 Å². The molecule has 1 fully saturated rings. The van der Waals surface area contributed by atoms with Gasteiger partial charge in [0, 0.05) is 18.7 Å². The van der Waals surface area contributed by atoms with Crippen LogP contribution < -0.4 is 5.32 Å². The molecule has 6 nitrogen and oxygen atoms in total. The lowest BCUT2D eigenvalue weighted by molar-refractivity contribution is -0.115. The Morgan fingerprint density at radius 2 is 1.93 bits per heavy atom. The lowest BCUT2D eigenvalue weighted by Gasteiger charge is -2.37. The monoisotopic (exact) mass is 368 g/mol. The molecule has 0 aliphatic carbocycles. The van der Waals surface area contributed by atoms with Crippen molar-refractivity contribution in [3.05, 3.63) is 59.7 Å². The lowest BCUT2D eigenvalue weighted by Crippen LogP contribution is -2.46. The number of nitrogens with zero attached hydrogens (tertiary/aromatic N) is 1. The van der Waals surface area contributed by atoms with Crippen molar-refractivity contribution in [2.45, 2.75) is 32.5 Å². The summed E-state index contributed by atoms with van der Waals surface area (Å²) in [6.45, 7) is 4.51. The molecular formula is C21H24N2O4. The predicted octanol–water partition coefficient (Wildman–Crippen LogP) is 3.34. The minimum atomic E-state index is -0.281. The van der Waals surface area contributed by atoms with Crippen LogP contribution in [0, 0.1) is 0 Å². The van der Waals surface area contributed by atoms with Crippen molar-refractivity contribution in [1.29, 1.82) is 0 Å². The zero-order valence-electron chi connectivity index (χ0n) is 15.5. The van der Waals surface area contributed by atoms with Crippen LogP contribution in [0.3, 0.4) is 0 Å². The largest absolute Gasteiger partial charge is 0.507 e. The van der Waals surface area contributed by atoms with E-state index in [1.165, 1.54) is 12.1 Å². The highest BCUT2D eigenvalue weighted by Gasteiger charge is 2.31. The first-order chi connectivity index (χ1) is 13.0. The zero-order valence-corrected chi connectivity index (χ0v) is 15.5. The van der Waals surface area contributed by atoms with E-state index in [4.69, 9.17) is 4.74 Å². The molecule has 2 atom stereocenters. The number of amides is 2. The van der Waals surface area contributed by atoms with Gasteiger partial charge in [0.25, 0.3) is 5.91 Å². The number of hydrogen-bond donors (Lipinski definition) is 2. The van der Waals surface area contributed by atoms with Gasteiger partial charge in [-0.15, -0.1) is 0 Å². The molecule has 3 rings (SSSR count). The van der Waals surface area contributed by atoms with Crippen LogP contribution in [0.1, 0.15) is 42.3 Å². The van der Waals surface area contributed by atoms with Crippen LogP contribution in [0.25, 0.3) is 0 Å². The Morgan fingerprint density at radius 3 is 2.63 bits per heavy atom. The van der Waals surface area contributed by atoms with Crippen molar-refractivity contribution in [2.24, 2.45) is 0 Å². The van der Waals surface area contributed by atoms with Crippen LogP contribution in [0.15, 0.2) is 48.5 Å². The fourth-order valence-corrected chi connectivity index (χ4v) is 3.17. The number of phenolic OH excluding ortho intramolecular Hbond substituents is 1. The number of aromatic hydroxyl groups is 1. The molecule has 2 N–H and O–H groups in total. The van der Waals surface area contributed by atoms with E-state index in [0.29, 0.717) is 25.2 Å². The average molecular weight is 368 g/mol. The summed E-state index contributed by atoms with van der Waals surface area (Å²) in [6.07, 6.45) is -0.00814. The van der Waals surface area contributed by atoms with E-state index in [1.807, 2.05) is 37.3 Å². The van der Waals surface area contributed by atoms with E-state index < -0.39 is 0 Å². The average Bonchev–Trinajstić information content (AvgIpc) is 2.69. The Balaban J connectivity index is 1.82. The Morgan fingerprint density at radius 1 is 1.19 bits per heavy atom. The molecule has 0 bridgehead atoms. The molecule has 1 aliphatic rings. The van der Waals surface area contributed by atoms with Crippen molar-refractivity contribution < 1.29 is 19.4 Å². The third-order valence-electron chi connectivity index (χ3n) is 4.55. The number of carbonyl (C=O) groups is 2. The van der Waals surface area contributed by atoms with Gasteiger partial charge in [0.05, 0.1) is 18.2 Å². The Hall–Kier alpha value is -2.86. The number of hydrogen-bond acceptors (Lipinski definition) is 4. The Kier molecular flexibility index (Phi) is 5.76. The van der Waals surface area contributed by atoms with Gasteiger partial charge in [-0.25, -0.2) is 0 Å². The van der Waals surface area contributed by atoms with Crippen molar-refractivity contribution in [3.8, 4) is 5.75 Å². The van der Waals surface area contributed by atoms with Crippen molar-refractivity contribution in [3.63, 3.8) is 0 Å². The number of anilines is 1. The first-order valence-electron chi connectivity index (χ1n) is 9.10. The lowest BCUT2D eigenvalue weighted by atomic mass is 10.0. The van der Waals surface area contributed by atoms with Gasteiger partial charge in [0.2, 0.25) is 5.91 Å². The maximum atomic E-state index is 13.0. The normalized spacial score (nSPS) is 19.6. The summed E-state index contributed by atoms with van der Waals surface area (Å²) in [6, 6.07) is 14.3. The van der Waals surface area contributed by atoms with Crippen LogP contribution in [0.4, 0.5) is 5.69 Å². The van der Waals surface area contributed by atoms with E-state index in [2.05, 4.69) is 5.32 Å². The molecular weight excluding hydrogens is 344 g/mol. The molecule has 2 amide bonds. The van der Waals surface area contributed by atoms with Crippen LogP contribution in [0.5, 0.6) is 5.75 Å². The highest BCUT2D eigenvalue weighted by molar-refractivity contribution is 5.99. The van der Waals surface area contributed by atoms with Crippen LogP contribution in [-0.4, -0.2) is 41.0 Å². The maximum Gasteiger partial charge on any atom is 0.257 e. The number of nitrogens with one attached hydrogen (secondary N) is 1. The third-order valence-corrected chi connectivity index (χ3v) is 4.55. The molecule has 1 heterocycles. The highest BCUT2D eigenvalue weighted by atomic mass is 16.5. The summed E-state index contributed by atoms with van der Waals surface area (Å²) < 4.78 is 6.00. The second-order valence-corrected chi connectivity index (χ2v) is 6.69. The standard InChI is InChI=1S/C21H24N2O4/c1-3-20(25)22-16-9-10-18(24)17(11-16)21(26)23-12-14(2)27-19(13-23)15-7-5-4-6-8-15/h4-11,14,19,24H,3,12-13H2,1-2H3,(H,22,25)/t14-,19-/m1/s1. The molecule has 0 radical (unpaired) electrons. The SMILES string of the molecule is CCC(=O)Nc1ccc(O)c(C(=O)N2C[C@@H](C)O[C@@H](c3ccccc3)C2)c1. The molecule has 0 spiro atoms. The molecule has 2 aromatic rings. The minimum Gasteiger partial charge on any atom is -0.507 e. The van der Waals surface area contributed by atoms with Gasteiger partial charge in [-0.1, -0.05) is 37.3 Å². The number of rotatable bonds is 4. The Bertz CT molecular complexity index is 822. The van der Waals surface area contributed by atoms with Gasteiger partial charge < -0.3 is 20.1 Å². The molecule has 0 aromatic heterocycles. The summed E-state index contributed by atoms with van der Waals surface area (Å²) in [7, 11) is 0. The van der Waals surface area contributed by atoms with Gasteiger partial charge in [-0.05, 0) is 30.7 Å². The molecule has 1 saturated heterocycles. The molecule has 27 heavy (non-hydrogen) atoms. The number of benzene rings is 2. The van der Waals surface area contributed by atoms with Crippen molar-refractivity contribution in [2.75, 3.05) is 18.4 Å². The topological polar surface area (TPSA) is 78.9 Å². The fourth-order valence-electron chi connectivity index (χ4n) is 3.17. The quantitative estimate of drug-likeness (QED) is 0.811. The summed E-state index contributed by atoms with van der Waals surface area (Å²) in [4.78, 5) is 26.3. The van der Waals surface area contributed by atoms with Crippen LogP contribution in [0.2, 0.25) is 0 Å². The molecule has 142 valence electrons. The van der Waals surface area contributed by atoms with E-state index >= 15 is 0 Å². The summed E-state index contributed by atoms with van der Waals surface area (Å²) in [5, 5.41) is 12.9. The molecule has 2 aromatic carbocycles. The predicted molar refractivity (Wildman–Crippen MR) is 103 cm³/mol. The summed E-state index contributed by atoms with van der Waals surface area (Å²) in [5.74, 6) is -0.538. The van der Waals surface area contributed by atoms with Gasteiger partial charge in [0.1, 0.15) is 11.9 Å². The Labute approximate surface area is 158 Å². The second kappa shape index (κ2) is 8.22. The van der Waals surface area contributed by atoms with Gasteiger partial charge in [0.15, 0.2) is 0 Å². The zero-order chi connectivity index (χ0) is 19.4. The molecule has 1 aliphatic heterocycles. The molecule has 0 unspecified atom stereocenters. The number of morpholine rings is 1. The van der Waals surface area contributed by atoms with E-state index in [9.17, 15) is 14.7 Å². The van der Waals surface area contributed by atoms with Gasteiger partial charge in [-0.3, -0.25) is 9.59 Å². The first kappa shape index (κ1) is 18.9. The van der Waals surface area contributed by atoms with E-state index in [-0.39, 0.29) is 35.3 Å². The highest BCUT2D eigenvalue weighted by Crippen LogP contribution is 2.29. The third kappa shape index (κ3) is 4.46. The van der Waals surface area contributed by atoms with Crippen LogP contribution >= 0.6 is 0 Å². The number of phenols is 1. The smallest absolute Gasteiger partial charge is 0.257 e. The number of ether oxygens (including phenoxy) is 1. The van der Waals surface area contributed by atoms with Gasteiger partial charge >= 0.3 is 0 Å². The van der Waals surface area contributed by atoms with Crippen LogP contribution in [-0.2, 0) is 9.53 Å². The van der Waals surface area contributed by atoms with Crippen molar-refractivity contribution in [1.82, 2.24) is 4.90 Å². The van der Waals surface area contributed by atoms with E-state index in [0.717, 1.165) is 5.56 Å². The fraction of sp³-hybridized carbons (Fsp3) is 0.333. The number of carbonyl (C=O) groups excluding carboxylic acids is 2. The van der Waals surface area contributed by atoms with Gasteiger partial charge in [-0.2, -0.15) is 0 Å². The summed E-state index contributed by atoms with van der Waals surface area (Å²) >= 11 is 0. The first-order valence-corrected chi connectivity index (χ1v) is 9.10. The summed E-state index contributed by atoms with van der Waals surface area (Å²) in [5.41, 5.74) is 1.67. The maximum absolute atomic E-state index is 13.0. The molecule has 0 saturated carbocycles. The minimum absolute atomic E-state index is 0.107. The molecule has 6 heteroatoms.